The van der Waals surface area contributed by atoms with Crippen LogP contribution in [0.5, 0.6) is 5.88 Å². The number of halogens is 1. The van der Waals surface area contributed by atoms with Crippen molar-refractivity contribution in [2.45, 2.75) is 19.4 Å². The number of carbonyl (C=O) groups excluding carboxylic acids is 2. The van der Waals surface area contributed by atoms with Gasteiger partial charge in [-0.25, -0.2) is 4.98 Å². The number of benzene rings is 1. The van der Waals surface area contributed by atoms with Gasteiger partial charge in [-0.15, -0.1) is 0 Å². The molecule has 3 aromatic heterocycles. The normalized spacial score (nSPS) is 14.3. The van der Waals surface area contributed by atoms with Gasteiger partial charge in [-0.1, -0.05) is 17.7 Å². The van der Waals surface area contributed by atoms with E-state index in [1.165, 1.54) is 13.3 Å². The smallest absolute Gasteiger partial charge is 0.274 e. The highest BCUT2D eigenvalue weighted by Gasteiger charge is 2.29. The monoisotopic (exact) mass is 493 g/mol. The van der Waals surface area contributed by atoms with Crippen molar-refractivity contribution < 1.29 is 14.3 Å². The zero-order valence-corrected chi connectivity index (χ0v) is 19.8. The number of pyridine rings is 1. The number of carbonyl (C=O) groups is 2. The van der Waals surface area contributed by atoms with Crippen molar-refractivity contribution in [1.29, 1.82) is 0 Å². The molecule has 10 nitrogen and oxygen atoms in total. The number of aromatic amines is 2. The molecule has 1 aliphatic heterocycles. The molecule has 0 radical (unpaired) electrons. The van der Waals surface area contributed by atoms with Crippen molar-refractivity contribution in [3.05, 3.63) is 59.0 Å². The summed E-state index contributed by atoms with van der Waals surface area (Å²) >= 11 is 6.25. The molecule has 0 saturated carbocycles. The van der Waals surface area contributed by atoms with Crippen LogP contribution in [0.15, 0.2) is 42.7 Å². The second kappa shape index (κ2) is 9.75. The lowest BCUT2D eigenvalue weighted by Gasteiger charge is -2.30. The van der Waals surface area contributed by atoms with E-state index < -0.39 is 0 Å². The average Bonchev–Trinajstić information content (AvgIpc) is 3.57. The summed E-state index contributed by atoms with van der Waals surface area (Å²) in [5.74, 6) is 0.105. The van der Waals surface area contributed by atoms with Crippen LogP contribution in [0.4, 0.5) is 0 Å². The molecule has 5 rings (SSSR count). The van der Waals surface area contributed by atoms with Crippen LogP contribution in [0, 0.1) is 5.92 Å². The van der Waals surface area contributed by atoms with Gasteiger partial charge >= 0.3 is 0 Å². The maximum absolute atomic E-state index is 13.0. The molecule has 0 unspecified atom stereocenters. The molecule has 0 atom stereocenters. The Morgan fingerprint density at radius 1 is 1.17 bits per heavy atom. The Labute approximate surface area is 206 Å². The average molecular weight is 494 g/mol. The summed E-state index contributed by atoms with van der Waals surface area (Å²) in [6, 6.07) is 9.27. The maximum atomic E-state index is 13.0. The Kier molecular flexibility index (Phi) is 6.37. The van der Waals surface area contributed by atoms with Crippen molar-refractivity contribution in [2.24, 2.45) is 5.92 Å². The molecule has 3 N–H and O–H groups in total. The minimum atomic E-state index is -0.183. The first-order valence-corrected chi connectivity index (χ1v) is 11.6. The number of nitrogens with zero attached hydrogens (tertiary/aromatic N) is 4. The standard InChI is InChI=1S/C24H24ClN7O3/c1-35-22-9-17(18(25)13-26-22)20-10-21(31-30-20)24(34)32-6-4-15(5-7-32)23(33)27-11-14-2-3-19-16(8-14)12-28-29-19/h2-3,8-10,12-13,15H,4-7,11H2,1H3,(H,27,33)(H,28,29)(H,30,31). The molecule has 1 aromatic carbocycles. The largest absolute Gasteiger partial charge is 0.481 e. The van der Waals surface area contributed by atoms with Gasteiger partial charge in [0.15, 0.2) is 5.69 Å². The Hall–Kier alpha value is -3.92. The van der Waals surface area contributed by atoms with Crippen LogP contribution in [0.3, 0.4) is 0 Å². The molecule has 180 valence electrons. The van der Waals surface area contributed by atoms with Crippen LogP contribution in [0.2, 0.25) is 5.02 Å². The van der Waals surface area contributed by atoms with E-state index in [1.807, 2.05) is 18.2 Å². The van der Waals surface area contributed by atoms with Crippen molar-refractivity contribution in [1.82, 2.24) is 35.6 Å². The molecule has 35 heavy (non-hydrogen) atoms. The second-order valence-electron chi connectivity index (χ2n) is 8.45. The lowest BCUT2D eigenvalue weighted by atomic mass is 9.95. The third-order valence-electron chi connectivity index (χ3n) is 6.25. The number of H-pyrrole nitrogens is 2. The number of nitrogens with one attached hydrogen (secondary N) is 3. The summed E-state index contributed by atoms with van der Waals surface area (Å²) in [7, 11) is 1.52. The van der Waals surface area contributed by atoms with Crippen molar-refractivity contribution in [3.63, 3.8) is 0 Å². The Bertz CT molecular complexity index is 1370. The fourth-order valence-electron chi connectivity index (χ4n) is 4.25. The topological polar surface area (TPSA) is 129 Å². The van der Waals surface area contributed by atoms with Gasteiger partial charge in [0.25, 0.3) is 5.91 Å². The number of aromatic nitrogens is 5. The summed E-state index contributed by atoms with van der Waals surface area (Å²) in [6.07, 6.45) is 4.45. The molecular formula is C24H24ClN7O3. The van der Waals surface area contributed by atoms with Crippen molar-refractivity contribution in [2.75, 3.05) is 20.2 Å². The van der Waals surface area contributed by atoms with E-state index >= 15 is 0 Å². The third kappa shape index (κ3) is 4.83. The molecule has 1 saturated heterocycles. The zero-order chi connectivity index (χ0) is 24.4. The lowest BCUT2D eigenvalue weighted by molar-refractivity contribution is -0.126. The third-order valence-corrected chi connectivity index (χ3v) is 6.55. The first-order chi connectivity index (χ1) is 17.0. The predicted molar refractivity (Wildman–Crippen MR) is 130 cm³/mol. The number of amides is 2. The zero-order valence-electron chi connectivity index (χ0n) is 19.0. The Balaban J connectivity index is 1.16. The van der Waals surface area contributed by atoms with Crippen LogP contribution in [-0.4, -0.2) is 62.3 Å². The van der Waals surface area contributed by atoms with Gasteiger partial charge in [0.2, 0.25) is 11.8 Å². The van der Waals surface area contributed by atoms with Crippen molar-refractivity contribution >= 4 is 34.3 Å². The van der Waals surface area contributed by atoms with Crippen LogP contribution in [0.25, 0.3) is 22.2 Å². The number of likely N-dealkylation sites (tertiary alicyclic amines) is 1. The molecular weight excluding hydrogens is 470 g/mol. The van der Waals surface area contributed by atoms with Crippen LogP contribution < -0.4 is 10.1 Å². The number of hydrogen-bond acceptors (Lipinski definition) is 6. The van der Waals surface area contributed by atoms with Gasteiger partial charge in [-0.05, 0) is 36.6 Å². The molecule has 0 spiro atoms. The molecule has 4 aromatic rings. The van der Waals surface area contributed by atoms with Gasteiger partial charge in [0.05, 0.1) is 35.7 Å². The SMILES string of the molecule is COc1cc(-c2cc(C(=O)N3CCC(C(=O)NCc4ccc5[nH]ncc5c4)CC3)n[nH]2)c(Cl)cn1. The van der Waals surface area contributed by atoms with E-state index in [2.05, 4.69) is 30.7 Å². The molecule has 0 bridgehead atoms. The van der Waals surface area contributed by atoms with Crippen LogP contribution in [0.1, 0.15) is 28.9 Å². The number of piperidine rings is 1. The molecule has 2 amide bonds. The molecule has 1 fully saturated rings. The van der Waals surface area contributed by atoms with E-state index in [9.17, 15) is 9.59 Å². The number of hydrogen-bond donors (Lipinski definition) is 3. The van der Waals surface area contributed by atoms with Gasteiger partial charge in [0.1, 0.15) is 0 Å². The highest BCUT2D eigenvalue weighted by Crippen LogP contribution is 2.29. The van der Waals surface area contributed by atoms with E-state index in [1.54, 1.807) is 23.2 Å². The minimum absolute atomic E-state index is 0.00715. The van der Waals surface area contributed by atoms with E-state index in [-0.39, 0.29) is 17.7 Å². The predicted octanol–water partition coefficient (Wildman–Crippen LogP) is 3.18. The van der Waals surface area contributed by atoms with Gasteiger partial charge in [0, 0.05) is 42.6 Å². The summed E-state index contributed by atoms with van der Waals surface area (Å²) in [5.41, 5.74) is 3.52. The van der Waals surface area contributed by atoms with Crippen LogP contribution in [-0.2, 0) is 11.3 Å². The Morgan fingerprint density at radius 3 is 2.80 bits per heavy atom. The van der Waals surface area contributed by atoms with E-state index in [0.717, 1.165) is 16.5 Å². The minimum Gasteiger partial charge on any atom is -0.481 e. The van der Waals surface area contributed by atoms with Gasteiger partial charge < -0.3 is 15.0 Å². The summed E-state index contributed by atoms with van der Waals surface area (Å²) < 4.78 is 5.15. The first-order valence-electron chi connectivity index (χ1n) is 11.3. The highest BCUT2D eigenvalue weighted by atomic mass is 35.5. The number of fused-ring (bicyclic) bond motifs is 1. The number of ether oxygens (including phenoxy) is 1. The molecule has 0 aliphatic carbocycles. The molecule has 4 heterocycles. The quantitative estimate of drug-likeness (QED) is 0.378. The summed E-state index contributed by atoms with van der Waals surface area (Å²) in [6.45, 7) is 1.44. The summed E-state index contributed by atoms with van der Waals surface area (Å²) in [5, 5.41) is 18.4. The molecule has 1 aliphatic rings. The number of rotatable bonds is 6. The Morgan fingerprint density at radius 2 is 2.00 bits per heavy atom. The summed E-state index contributed by atoms with van der Waals surface area (Å²) in [4.78, 5) is 31.5. The van der Waals surface area contributed by atoms with Gasteiger partial charge in [-0.2, -0.15) is 10.2 Å². The fourth-order valence-corrected chi connectivity index (χ4v) is 4.45. The second-order valence-corrected chi connectivity index (χ2v) is 8.86. The number of methoxy groups -OCH3 is 1. The van der Waals surface area contributed by atoms with E-state index in [0.29, 0.717) is 60.3 Å². The molecule has 11 heteroatoms. The maximum Gasteiger partial charge on any atom is 0.274 e. The lowest BCUT2D eigenvalue weighted by Crippen LogP contribution is -2.43. The fraction of sp³-hybridized carbons (Fsp3) is 0.292. The van der Waals surface area contributed by atoms with Crippen LogP contribution >= 0.6 is 11.6 Å². The highest BCUT2D eigenvalue weighted by molar-refractivity contribution is 6.33. The van der Waals surface area contributed by atoms with Gasteiger partial charge in [-0.3, -0.25) is 19.8 Å². The van der Waals surface area contributed by atoms with E-state index in [4.69, 9.17) is 16.3 Å². The van der Waals surface area contributed by atoms with Crippen molar-refractivity contribution in [3.8, 4) is 17.1 Å². The first kappa shape index (κ1) is 22.9.